The molecule has 0 aliphatic rings. The van der Waals surface area contributed by atoms with Crippen LogP contribution in [0.2, 0.25) is 0 Å². The fraction of sp³-hybridized carbons (Fsp3) is 0.0769. The monoisotopic (exact) mass is 213 g/mol. The Bertz CT molecular complexity index is 541. The summed E-state index contributed by atoms with van der Waals surface area (Å²) in [5.74, 6) is -0.420. The van der Waals surface area contributed by atoms with Gasteiger partial charge in [0.05, 0.1) is 6.21 Å². The van der Waals surface area contributed by atoms with Crippen LogP contribution in [0.5, 0.6) is 0 Å². The molecule has 0 N–H and O–H groups in total. The maximum atomic E-state index is 10.6. The molecule has 0 unspecified atom stereocenters. The number of rotatable bonds is 2. The molecule has 0 spiro atoms. The van der Waals surface area contributed by atoms with Gasteiger partial charge in [0, 0.05) is 12.5 Å². The van der Waals surface area contributed by atoms with Crippen LogP contribution in [0.15, 0.2) is 47.6 Å². The third-order valence-corrected chi connectivity index (χ3v) is 2.20. The Hall–Kier alpha value is -2.16. The maximum absolute atomic E-state index is 10.6. The highest BCUT2D eigenvalue weighted by molar-refractivity contribution is 5.99. The lowest BCUT2D eigenvalue weighted by molar-refractivity contribution is -0.140. The number of carbonyl (C=O) groups excluding carboxylic acids is 1. The molecule has 0 aliphatic carbocycles. The molecule has 16 heavy (non-hydrogen) atoms. The summed E-state index contributed by atoms with van der Waals surface area (Å²) >= 11 is 0. The molecule has 2 rings (SSSR count). The van der Waals surface area contributed by atoms with Crippen molar-refractivity contribution in [3.8, 4) is 0 Å². The summed E-state index contributed by atoms with van der Waals surface area (Å²) in [5, 5.41) is 5.83. The molecule has 0 saturated heterocycles. The van der Waals surface area contributed by atoms with Crippen molar-refractivity contribution in [3.63, 3.8) is 0 Å². The quantitative estimate of drug-likeness (QED) is 0.437. The van der Waals surface area contributed by atoms with E-state index in [0.29, 0.717) is 0 Å². The molecular weight excluding hydrogens is 202 g/mol. The van der Waals surface area contributed by atoms with Crippen molar-refractivity contribution in [2.75, 3.05) is 0 Å². The van der Waals surface area contributed by atoms with E-state index in [9.17, 15) is 4.79 Å². The second-order valence-electron chi connectivity index (χ2n) is 3.39. The average molecular weight is 213 g/mol. The van der Waals surface area contributed by atoms with E-state index in [0.717, 1.165) is 16.3 Å². The minimum absolute atomic E-state index is 0.420. The number of fused-ring (bicyclic) bond motifs is 1. The predicted molar refractivity (Wildman–Crippen MR) is 63.3 cm³/mol. The number of oxime groups is 1. The van der Waals surface area contributed by atoms with Crippen molar-refractivity contribution in [1.29, 1.82) is 0 Å². The highest BCUT2D eigenvalue weighted by atomic mass is 16.7. The van der Waals surface area contributed by atoms with Gasteiger partial charge >= 0.3 is 5.97 Å². The summed E-state index contributed by atoms with van der Waals surface area (Å²) in [7, 11) is 0. The van der Waals surface area contributed by atoms with Gasteiger partial charge in [-0.2, -0.15) is 0 Å². The van der Waals surface area contributed by atoms with Gasteiger partial charge in [-0.1, -0.05) is 47.6 Å². The Morgan fingerprint density at radius 3 is 2.75 bits per heavy atom. The van der Waals surface area contributed by atoms with Crippen molar-refractivity contribution < 1.29 is 9.63 Å². The number of hydrogen-bond acceptors (Lipinski definition) is 3. The van der Waals surface area contributed by atoms with Gasteiger partial charge in [-0.3, -0.25) is 0 Å². The van der Waals surface area contributed by atoms with Gasteiger partial charge in [-0.25, -0.2) is 4.79 Å². The van der Waals surface area contributed by atoms with Gasteiger partial charge in [0.25, 0.3) is 0 Å². The number of nitrogens with zero attached hydrogens (tertiary/aromatic N) is 1. The summed E-state index contributed by atoms with van der Waals surface area (Å²) in [4.78, 5) is 15.1. The molecule has 0 atom stereocenters. The Balaban J connectivity index is 2.37. The average Bonchev–Trinajstić information content (AvgIpc) is 2.29. The van der Waals surface area contributed by atoms with E-state index in [2.05, 4.69) is 9.99 Å². The van der Waals surface area contributed by atoms with E-state index >= 15 is 0 Å². The zero-order valence-corrected chi connectivity index (χ0v) is 8.88. The van der Waals surface area contributed by atoms with Crippen LogP contribution < -0.4 is 0 Å². The minimum Gasteiger partial charge on any atom is -0.319 e. The molecule has 0 bridgehead atoms. The Kier molecular flexibility index (Phi) is 2.96. The van der Waals surface area contributed by atoms with Crippen LogP contribution in [0.25, 0.3) is 10.8 Å². The second-order valence-corrected chi connectivity index (χ2v) is 3.39. The Morgan fingerprint density at radius 2 is 1.94 bits per heavy atom. The molecule has 2 aromatic rings. The van der Waals surface area contributed by atoms with Crippen LogP contribution in [0.4, 0.5) is 0 Å². The SMILES string of the molecule is CC(=O)ON=Cc1cccc2ccccc12. The smallest absolute Gasteiger partial charge is 0.319 e. The van der Waals surface area contributed by atoms with E-state index in [1.54, 1.807) is 6.21 Å². The fourth-order valence-corrected chi connectivity index (χ4v) is 1.52. The first-order chi connectivity index (χ1) is 7.77. The molecule has 3 nitrogen and oxygen atoms in total. The van der Waals surface area contributed by atoms with Crippen molar-refractivity contribution in [1.82, 2.24) is 0 Å². The lowest BCUT2D eigenvalue weighted by Gasteiger charge is -2.00. The standard InChI is InChI=1S/C13H11NO2/c1-10(15)16-14-9-12-7-4-6-11-5-2-3-8-13(11)12/h2-9H,1H3. The number of carbonyl (C=O) groups is 1. The van der Waals surface area contributed by atoms with Crippen LogP contribution in [-0.2, 0) is 9.63 Å². The normalized spacial score (nSPS) is 10.8. The predicted octanol–water partition coefficient (Wildman–Crippen LogP) is 2.74. The van der Waals surface area contributed by atoms with E-state index < -0.39 is 5.97 Å². The van der Waals surface area contributed by atoms with Gasteiger partial charge in [-0.15, -0.1) is 0 Å². The van der Waals surface area contributed by atoms with Gasteiger partial charge in [0.2, 0.25) is 0 Å². The Labute approximate surface area is 93.3 Å². The Morgan fingerprint density at radius 1 is 1.19 bits per heavy atom. The highest BCUT2D eigenvalue weighted by Crippen LogP contribution is 2.16. The van der Waals surface area contributed by atoms with Gasteiger partial charge < -0.3 is 4.84 Å². The van der Waals surface area contributed by atoms with Crippen molar-refractivity contribution >= 4 is 23.0 Å². The zero-order valence-electron chi connectivity index (χ0n) is 8.88. The van der Waals surface area contributed by atoms with Crippen LogP contribution in [-0.4, -0.2) is 12.2 Å². The van der Waals surface area contributed by atoms with Crippen molar-refractivity contribution in [3.05, 3.63) is 48.0 Å². The summed E-state index contributed by atoms with van der Waals surface area (Å²) in [6.45, 7) is 1.32. The molecule has 0 fully saturated rings. The van der Waals surface area contributed by atoms with Crippen LogP contribution in [0.1, 0.15) is 12.5 Å². The lowest BCUT2D eigenvalue weighted by Crippen LogP contribution is -1.92. The van der Waals surface area contributed by atoms with Crippen LogP contribution >= 0.6 is 0 Å². The third-order valence-electron chi connectivity index (χ3n) is 2.20. The molecule has 0 saturated carbocycles. The van der Waals surface area contributed by atoms with E-state index in [4.69, 9.17) is 0 Å². The van der Waals surface area contributed by atoms with Gasteiger partial charge in [0.1, 0.15) is 0 Å². The molecule has 0 radical (unpaired) electrons. The molecule has 3 heteroatoms. The summed E-state index contributed by atoms with van der Waals surface area (Å²) < 4.78 is 0. The summed E-state index contributed by atoms with van der Waals surface area (Å²) in [5.41, 5.74) is 0.930. The van der Waals surface area contributed by atoms with Gasteiger partial charge in [0.15, 0.2) is 0 Å². The largest absolute Gasteiger partial charge is 0.331 e. The van der Waals surface area contributed by atoms with Crippen molar-refractivity contribution in [2.24, 2.45) is 5.16 Å². The lowest BCUT2D eigenvalue weighted by atomic mass is 10.1. The molecule has 0 heterocycles. The second kappa shape index (κ2) is 4.57. The highest BCUT2D eigenvalue weighted by Gasteiger charge is 1.97. The molecule has 0 aromatic heterocycles. The van der Waals surface area contributed by atoms with Crippen molar-refractivity contribution in [2.45, 2.75) is 6.92 Å². The number of hydrogen-bond donors (Lipinski definition) is 0. The van der Waals surface area contributed by atoms with E-state index in [1.807, 2.05) is 42.5 Å². The zero-order chi connectivity index (χ0) is 11.4. The molecule has 2 aromatic carbocycles. The first kappa shape index (κ1) is 10.4. The molecule has 0 aliphatic heterocycles. The summed E-state index contributed by atoms with van der Waals surface area (Å²) in [6.07, 6.45) is 1.55. The van der Waals surface area contributed by atoms with E-state index in [-0.39, 0.29) is 0 Å². The minimum atomic E-state index is -0.420. The van der Waals surface area contributed by atoms with Gasteiger partial charge in [-0.05, 0) is 10.8 Å². The third kappa shape index (κ3) is 2.25. The van der Waals surface area contributed by atoms with Crippen LogP contribution in [0.3, 0.4) is 0 Å². The van der Waals surface area contributed by atoms with Crippen LogP contribution in [0, 0.1) is 0 Å². The molecule has 80 valence electrons. The van der Waals surface area contributed by atoms with E-state index in [1.165, 1.54) is 6.92 Å². The molecule has 0 amide bonds. The first-order valence-corrected chi connectivity index (χ1v) is 4.96. The number of benzene rings is 2. The summed E-state index contributed by atoms with van der Waals surface area (Å²) in [6, 6.07) is 13.9. The maximum Gasteiger partial charge on any atom is 0.331 e. The topological polar surface area (TPSA) is 38.7 Å². The molecular formula is C13H11NO2. The first-order valence-electron chi connectivity index (χ1n) is 4.96. The fourth-order valence-electron chi connectivity index (χ4n) is 1.52.